The number of hydrogen-bond donors (Lipinski definition) is 1. The van der Waals surface area contributed by atoms with Crippen molar-refractivity contribution in [1.82, 2.24) is 9.36 Å². The summed E-state index contributed by atoms with van der Waals surface area (Å²) in [4.78, 5) is 20.8. The van der Waals surface area contributed by atoms with Gasteiger partial charge in [-0.2, -0.15) is 0 Å². The van der Waals surface area contributed by atoms with E-state index in [4.69, 9.17) is 5.73 Å². The highest BCUT2D eigenvalue weighted by Gasteiger charge is 2.21. The fourth-order valence-electron chi connectivity index (χ4n) is 2.60. The zero-order valence-corrected chi connectivity index (χ0v) is 11.6. The van der Waals surface area contributed by atoms with Crippen LogP contribution in [0.2, 0.25) is 0 Å². The first-order valence-electron chi connectivity index (χ1n) is 6.63. The lowest BCUT2D eigenvalue weighted by molar-refractivity contribution is 0.582. The molecule has 6 heteroatoms. The summed E-state index contributed by atoms with van der Waals surface area (Å²) < 4.78 is 3.74. The Morgan fingerprint density at radius 3 is 2.65 bits per heavy atom. The average molecular weight is 271 g/mol. The number of nitrogens with zero attached hydrogens (tertiary/aromatic N) is 4. The van der Waals surface area contributed by atoms with Crippen LogP contribution in [0.3, 0.4) is 0 Å². The molecule has 0 spiro atoms. The Balaban J connectivity index is 2.07. The third kappa shape index (κ3) is 1.84. The van der Waals surface area contributed by atoms with Gasteiger partial charge in [-0.3, -0.25) is 14.5 Å². The van der Waals surface area contributed by atoms with Crippen LogP contribution in [0.1, 0.15) is 12.1 Å². The van der Waals surface area contributed by atoms with Gasteiger partial charge in [0.25, 0.3) is 5.56 Å². The molecule has 1 aliphatic carbocycles. The number of hydrogen-bond acceptors (Lipinski definition) is 4. The van der Waals surface area contributed by atoms with E-state index in [1.54, 1.807) is 23.9 Å². The van der Waals surface area contributed by atoms with Crippen LogP contribution >= 0.6 is 0 Å². The van der Waals surface area contributed by atoms with Gasteiger partial charge in [-0.1, -0.05) is 0 Å². The first kappa shape index (κ1) is 12.7. The molecule has 2 N–H and O–H groups in total. The number of fused-ring (bicyclic) bond motifs is 1. The molecule has 0 bridgehead atoms. The minimum absolute atomic E-state index is 0.0383. The zero-order chi connectivity index (χ0) is 14.3. The molecule has 1 aliphatic heterocycles. The fraction of sp³-hybridized carbons (Fsp3) is 0.357. The van der Waals surface area contributed by atoms with Gasteiger partial charge in [0.1, 0.15) is 0 Å². The van der Waals surface area contributed by atoms with Crippen LogP contribution in [-0.2, 0) is 13.1 Å². The van der Waals surface area contributed by atoms with Crippen molar-refractivity contribution in [3.05, 3.63) is 40.0 Å². The highest BCUT2D eigenvalue weighted by molar-refractivity contribution is 6.21. The molecule has 0 fully saturated rings. The van der Waals surface area contributed by atoms with Gasteiger partial charge in [0.15, 0.2) is 5.69 Å². The van der Waals surface area contributed by atoms with Crippen LogP contribution in [0.25, 0.3) is 0 Å². The van der Waals surface area contributed by atoms with Gasteiger partial charge in [-0.15, -0.1) is 0 Å². The Hall–Kier alpha value is -2.37. The van der Waals surface area contributed by atoms with E-state index in [-0.39, 0.29) is 5.56 Å². The van der Waals surface area contributed by atoms with Crippen molar-refractivity contribution in [3.8, 4) is 0 Å². The largest absolute Gasteiger partial charge is 0.397 e. The van der Waals surface area contributed by atoms with Crippen LogP contribution in [0.5, 0.6) is 0 Å². The number of rotatable bonds is 1. The third-order valence-corrected chi connectivity index (χ3v) is 3.70. The predicted molar refractivity (Wildman–Crippen MR) is 79.9 cm³/mol. The van der Waals surface area contributed by atoms with Gasteiger partial charge in [-0.25, -0.2) is 9.67 Å². The quantitative estimate of drug-likeness (QED) is 0.771. The van der Waals surface area contributed by atoms with Crippen molar-refractivity contribution in [1.29, 1.82) is 0 Å². The summed E-state index contributed by atoms with van der Waals surface area (Å²) >= 11 is 0. The topological polar surface area (TPSA) is 77.7 Å². The number of aliphatic imine (C=N–C) groups is 2. The number of nitrogens with two attached hydrogens (primary N) is 1. The van der Waals surface area contributed by atoms with Crippen molar-refractivity contribution in [2.75, 3.05) is 7.05 Å². The molecule has 0 radical (unpaired) electrons. The highest BCUT2D eigenvalue weighted by atomic mass is 16.1. The monoisotopic (exact) mass is 271 g/mol. The standard InChI is InChI=1S/C14H17N5O/c1-9-13(14(20)19-7-3-6-18(9)19)17-12-5-4-10(16-2)8-11(12)15/h4-5,8H,3,6-7,15H2,1-2H3/b16-10-,17-12+. The van der Waals surface area contributed by atoms with Crippen LogP contribution in [-0.4, -0.2) is 27.8 Å². The van der Waals surface area contributed by atoms with Crippen molar-refractivity contribution in [2.24, 2.45) is 15.7 Å². The average Bonchev–Trinajstić information content (AvgIpc) is 3.00. The molecule has 2 heterocycles. The lowest BCUT2D eigenvalue weighted by Gasteiger charge is -2.07. The van der Waals surface area contributed by atoms with Gasteiger partial charge in [-0.05, 0) is 31.6 Å². The van der Waals surface area contributed by atoms with Crippen LogP contribution < -0.4 is 11.3 Å². The zero-order valence-electron chi connectivity index (χ0n) is 11.6. The molecular formula is C14H17N5O. The van der Waals surface area contributed by atoms with Crippen molar-refractivity contribution in [2.45, 2.75) is 26.4 Å². The summed E-state index contributed by atoms with van der Waals surface area (Å²) in [6.07, 6.45) is 6.40. The maximum Gasteiger partial charge on any atom is 0.292 e. The maximum atomic E-state index is 12.3. The van der Waals surface area contributed by atoms with Gasteiger partial charge < -0.3 is 5.73 Å². The molecule has 0 aromatic carbocycles. The second-order valence-electron chi connectivity index (χ2n) is 4.92. The van der Waals surface area contributed by atoms with E-state index in [0.717, 1.165) is 30.9 Å². The molecule has 2 aliphatic rings. The summed E-state index contributed by atoms with van der Waals surface area (Å²) in [5.74, 6) is 0. The molecule has 1 aromatic rings. The van der Waals surface area contributed by atoms with E-state index < -0.39 is 0 Å². The predicted octanol–water partition coefficient (Wildman–Crippen LogP) is 0.918. The highest BCUT2D eigenvalue weighted by Crippen LogP contribution is 2.20. The fourth-order valence-corrected chi connectivity index (χ4v) is 2.60. The van der Waals surface area contributed by atoms with E-state index in [0.29, 0.717) is 17.1 Å². The van der Waals surface area contributed by atoms with Crippen molar-refractivity contribution in [3.63, 3.8) is 0 Å². The first-order valence-corrected chi connectivity index (χ1v) is 6.63. The van der Waals surface area contributed by atoms with E-state index in [1.807, 2.05) is 17.7 Å². The maximum absolute atomic E-state index is 12.3. The molecule has 20 heavy (non-hydrogen) atoms. The smallest absolute Gasteiger partial charge is 0.292 e. The summed E-state index contributed by atoms with van der Waals surface area (Å²) in [7, 11) is 1.71. The second kappa shape index (κ2) is 4.63. The SMILES string of the molecule is C/N=C1C=C/C(=N\c2c(C)n3n(c2=O)CCC3)C(N)=C/1. The minimum atomic E-state index is -0.0383. The number of allylic oxidation sites excluding steroid dienone is 3. The first-order chi connectivity index (χ1) is 9.61. The van der Waals surface area contributed by atoms with Crippen molar-refractivity contribution < 1.29 is 0 Å². The molecule has 0 saturated carbocycles. The third-order valence-electron chi connectivity index (χ3n) is 3.70. The number of aromatic nitrogens is 2. The Bertz CT molecular complexity index is 742. The normalized spacial score (nSPS) is 21.6. The summed E-state index contributed by atoms with van der Waals surface area (Å²) in [6, 6.07) is 0. The van der Waals surface area contributed by atoms with E-state index in [1.165, 1.54) is 0 Å². The molecule has 0 atom stereocenters. The molecular weight excluding hydrogens is 254 g/mol. The minimum Gasteiger partial charge on any atom is -0.397 e. The van der Waals surface area contributed by atoms with Crippen LogP contribution in [0, 0.1) is 6.92 Å². The van der Waals surface area contributed by atoms with Gasteiger partial charge in [0, 0.05) is 20.1 Å². The molecule has 0 amide bonds. The molecule has 1 aromatic heterocycles. The van der Waals surface area contributed by atoms with Gasteiger partial charge in [0.05, 0.1) is 22.8 Å². The van der Waals surface area contributed by atoms with E-state index in [2.05, 4.69) is 9.98 Å². The van der Waals surface area contributed by atoms with E-state index in [9.17, 15) is 4.79 Å². The molecule has 104 valence electrons. The second-order valence-corrected chi connectivity index (χ2v) is 4.92. The summed E-state index contributed by atoms with van der Waals surface area (Å²) in [6.45, 7) is 3.56. The Morgan fingerprint density at radius 1 is 1.25 bits per heavy atom. The van der Waals surface area contributed by atoms with Crippen LogP contribution in [0.15, 0.2) is 38.7 Å². The Kier molecular flexibility index (Phi) is 2.93. The Morgan fingerprint density at radius 2 is 2.00 bits per heavy atom. The van der Waals surface area contributed by atoms with E-state index >= 15 is 0 Å². The van der Waals surface area contributed by atoms with Gasteiger partial charge in [0.2, 0.25) is 0 Å². The molecule has 6 nitrogen and oxygen atoms in total. The molecule has 0 unspecified atom stereocenters. The van der Waals surface area contributed by atoms with Crippen LogP contribution in [0.4, 0.5) is 5.69 Å². The van der Waals surface area contributed by atoms with Crippen molar-refractivity contribution >= 4 is 17.1 Å². The summed E-state index contributed by atoms with van der Waals surface area (Å²) in [5, 5.41) is 0. The molecule has 3 rings (SSSR count). The van der Waals surface area contributed by atoms with Gasteiger partial charge >= 0.3 is 0 Å². The Labute approximate surface area is 116 Å². The summed E-state index contributed by atoms with van der Waals surface area (Å²) in [5.41, 5.74) is 9.26. The lowest BCUT2D eigenvalue weighted by Crippen LogP contribution is -2.18. The lowest BCUT2D eigenvalue weighted by atomic mass is 10.1. The molecule has 0 saturated heterocycles.